The van der Waals surface area contributed by atoms with Gasteiger partial charge in [-0.05, 0) is 37.5 Å². The number of carbonyl (C=O) groups excluding carboxylic acids is 2. The molecule has 0 radical (unpaired) electrons. The molecule has 1 aromatic carbocycles. The quantitative estimate of drug-likeness (QED) is 0.488. The molecule has 0 spiro atoms. The number of nitrogens with zero attached hydrogens (tertiary/aromatic N) is 1. The summed E-state index contributed by atoms with van der Waals surface area (Å²) in [4.78, 5) is 29.3. The van der Waals surface area contributed by atoms with E-state index in [-0.39, 0.29) is 0 Å². The second-order valence-electron chi connectivity index (χ2n) is 7.14. The fraction of sp³-hybridized carbons (Fsp3) is 0.227. The van der Waals surface area contributed by atoms with E-state index in [2.05, 4.69) is 22.8 Å². The van der Waals surface area contributed by atoms with Gasteiger partial charge in [-0.15, -0.1) is 11.3 Å². The molecular formula is C22H21N3O3S. The lowest BCUT2D eigenvalue weighted by Crippen LogP contribution is -2.40. The Labute approximate surface area is 172 Å². The van der Waals surface area contributed by atoms with Crippen molar-refractivity contribution in [3.8, 4) is 10.6 Å². The summed E-state index contributed by atoms with van der Waals surface area (Å²) >= 11 is 1.29. The van der Waals surface area contributed by atoms with Gasteiger partial charge in [-0.3, -0.25) is 20.4 Å². The van der Waals surface area contributed by atoms with Crippen LogP contribution >= 0.6 is 11.3 Å². The molecule has 6 nitrogen and oxygen atoms in total. The van der Waals surface area contributed by atoms with E-state index in [0.29, 0.717) is 28.2 Å². The molecule has 2 aromatic heterocycles. The van der Waals surface area contributed by atoms with Crippen LogP contribution in [-0.2, 0) is 4.79 Å². The summed E-state index contributed by atoms with van der Waals surface area (Å²) in [5.74, 6) is 1.89. The number of hydrogen-bond donors (Lipinski definition) is 2. The van der Waals surface area contributed by atoms with Crippen molar-refractivity contribution in [2.75, 3.05) is 0 Å². The predicted octanol–water partition coefficient (Wildman–Crippen LogP) is 4.31. The fourth-order valence-electron chi connectivity index (χ4n) is 3.06. The Hall–Kier alpha value is -3.19. The van der Waals surface area contributed by atoms with Gasteiger partial charge < -0.3 is 4.42 Å². The molecule has 7 heteroatoms. The van der Waals surface area contributed by atoms with Crippen molar-refractivity contribution in [3.05, 3.63) is 70.6 Å². The van der Waals surface area contributed by atoms with Crippen molar-refractivity contribution < 1.29 is 14.0 Å². The van der Waals surface area contributed by atoms with E-state index in [1.165, 1.54) is 17.4 Å². The zero-order chi connectivity index (χ0) is 20.4. The van der Waals surface area contributed by atoms with Gasteiger partial charge in [-0.1, -0.05) is 37.3 Å². The third-order valence-corrected chi connectivity index (χ3v) is 6.05. The van der Waals surface area contributed by atoms with E-state index in [1.54, 1.807) is 13.0 Å². The van der Waals surface area contributed by atoms with E-state index >= 15 is 0 Å². The molecule has 1 fully saturated rings. The summed E-state index contributed by atoms with van der Waals surface area (Å²) in [5, 5.41) is 0.762. The van der Waals surface area contributed by atoms with E-state index in [9.17, 15) is 9.59 Å². The normalized spacial score (nSPS) is 18.0. The number of carbonyl (C=O) groups is 2. The molecule has 0 bridgehead atoms. The smallest absolute Gasteiger partial charge is 0.281 e. The van der Waals surface area contributed by atoms with E-state index in [4.69, 9.17) is 4.42 Å². The Morgan fingerprint density at radius 3 is 2.66 bits per heavy atom. The lowest BCUT2D eigenvalue weighted by molar-refractivity contribution is -0.117. The minimum absolute atomic E-state index is 0.396. The lowest BCUT2D eigenvalue weighted by Gasteiger charge is -2.03. The van der Waals surface area contributed by atoms with Gasteiger partial charge in [0.2, 0.25) is 0 Å². The number of rotatable bonds is 5. The topological polar surface area (TPSA) is 84.2 Å². The molecule has 29 heavy (non-hydrogen) atoms. The maximum Gasteiger partial charge on any atom is 0.281 e. The highest BCUT2D eigenvalue weighted by Crippen LogP contribution is 2.47. The van der Waals surface area contributed by atoms with Crippen LogP contribution in [0.4, 0.5) is 0 Å². The van der Waals surface area contributed by atoms with Crippen LogP contribution in [0.1, 0.15) is 46.1 Å². The van der Waals surface area contributed by atoms with E-state index in [1.807, 2.05) is 42.5 Å². The van der Waals surface area contributed by atoms with Crippen molar-refractivity contribution in [3.63, 3.8) is 0 Å². The molecule has 2 atom stereocenters. The molecule has 3 aromatic rings. The maximum absolute atomic E-state index is 12.4. The van der Waals surface area contributed by atoms with Crippen molar-refractivity contribution in [2.45, 2.75) is 26.2 Å². The third kappa shape index (κ3) is 4.46. The number of hydrogen-bond acceptors (Lipinski definition) is 5. The Kier molecular flexibility index (Phi) is 5.31. The molecule has 2 heterocycles. The van der Waals surface area contributed by atoms with Crippen LogP contribution in [0, 0.1) is 12.8 Å². The molecule has 1 aliphatic rings. The summed E-state index contributed by atoms with van der Waals surface area (Å²) in [7, 11) is 0. The van der Waals surface area contributed by atoms with Crippen LogP contribution in [0.25, 0.3) is 16.6 Å². The van der Waals surface area contributed by atoms with Crippen LogP contribution < -0.4 is 10.9 Å². The summed E-state index contributed by atoms with van der Waals surface area (Å²) in [6.07, 6.45) is 4.06. The average molecular weight is 407 g/mol. The van der Waals surface area contributed by atoms with Crippen LogP contribution in [-0.4, -0.2) is 16.8 Å². The molecule has 2 unspecified atom stereocenters. The van der Waals surface area contributed by atoms with Crippen molar-refractivity contribution in [1.29, 1.82) is 0 Å². The first-order chi connectivity index (χ1) is 14.0. The summed E-state index contributed by atoms with van der Waals surface area (Å²) < 4.78 is 5.72. The number of thiazole rings is 1. The molecular weight excluding hydrogens is 386 g/mol. The third-order valence-electron chi connectivity index (χ3n) is 4.84. The zero-order valence-electron chi connectivity index (χ0n) is 16.1. The van der Waals surface area contributed by atoms with Gasteiger partial charge in [0.15, 0.2) is 0 Å². The predicted molar refractivity (Wildman–Crippen MR) is 112 cm³/mol. The Bertz CT molecular complexity index is 1070. The number of aromatic nitrogens is 1. The molecule has 1 aliphatic carbocycles. The average Bonchev–Trinajstić information content (AvgIpc) is 3.12. The number of aryl methyl sites for hydroxylation is 1. The van der Waals surface area contributed by atoms with Crippen molar-refractivity contribution in [1.82, 2.24) is 15.8 Å². The van der Waals surface area contributed by atoms with Gasteiger partial charge in [0.1, 0.15) is 21.4 Å². The number of amides is 2. The van der Waals surface area contributed by atoms with E-state index < -0.39 is 11.8 Å². The fourth-order valence-corrected chi connectivity index (χ4v) is 4.03. The van der Waals surface area contributed by atoms with Gasteiger partial charge in [0, 0.05) is 17.6 Å². The molecule has 148 valence electrons. The molecule has 2 N–H and O–H groups in total. The van der Waals surface area contributed by atoms with Crippen LogP contribution in [0.3, 0.4) is 0 Å². The Balaban J connectivity index is 1.33. The first-order valence-corrected chi connectivity index (χ1v) is 10.2. The highest BCUT2D eigenvalue weighted by atomic mass is 32.1. The van der Waals surface area contributed by atoms with Gasteiger partial charge >= 0.3 is 0 Å². The number of furan rings is 1. The first kappa shape index (κ1) is 19.1. The monoisotopic (exact) mass is 407 g/mol. The lowest BCUT2D eigenvalue weighted by atomic mass is 10.2. The highest BCUT2D eigenvalue weighted by molar-refractivity contribution is 7.17. The van der Waals surface area contributed by atoms with E-state index in [0.717, 1.165) is 22.8 Å². The highest BCUT2D eigenvalue weighted by Gasteiger charge is 2.36. The molecule has 1 saturated carbocycles. The second-order valence-corrected chi connectivity index (χ2v) is 8.13. The number of nitrogens with one attached hydrogen (secondary N) is 2. The van der Waals surface area contributed by atoms with Crippen LogP contribution in [0.5, 0.6) is 0 Å². The maximum atomic E-state index is 12.4. The Morgan fingerprint density at radius 2 is 1.93 bits per heavy atom. The summed E-state index contributed by atoms with van der Waals surface area (Å²) in [6.45, 7) is 3.96. The van der Waals surface area contributed by atoms with Crippen LogP contribution in [0.2, 0.25) is 0 Å². The number of hydrazine groups is 1. The first-order valence-electron chi connectivity index (χ1n) is 9.42. The standard InChI is InChI=1S/C22H21N3O3S/c1-13-12-17(13)18-10-8-16(28-18)9-11-19(26)24-25-21(27)20-14(2)23-22(29-20)15-6-4-3-5-7-15/h3-11,13,17H,12H2,1-2H3,(H,24,26)(H,25,27)/b11-9+. The Morgan fingerprint density at radius 1 is 1.17 bits per heavy atom. The molecule has 2 amide bonds. The molecule has 4 rings (SSSR count). The summed E-state index contributed by atoms with van der Waals surface area (Å²) in [5.41, 5.74) is 6.39. The number of benzene rings is 1. The largest absolute Gasteiger partial charge is 0.461 e. The second kappa shape index (κ2) is 8.05. The van der Waals surface area contributed by atoms with Crippen LogP contribution in [0.15, 0.2) is 53.0 Å². The minimum atomic E-state index is -0.443. The molecule has 0 aliphatic heterocycles. The van der Waals surface area contributed by atoms with Gasteiger partial charge in [0.05, 0.1) is 5.69 Å². The molecule has 0 saturated heterocycles. The van der Waals surface area contributed by atoms with Gasteiger partial charge in [-0.25, -0.2) is 4.98 Å². The van der Waals surface area contributed by atoms with Crippen molar-refractivity contribution >= 4 is 29.2 Å². The minimum Gasteiger partial charge on any atom is -0.461 e. The zero-order valence-corrected chi connectivity index (χ0v) is 17.0. The van der Waals surface area contributed by atoms with Gasteiger partial charge in [-0.2, -0.15) is 0 Å². The summed E-state index contributed by atoms with van der Waals surface area (Å²) in [6, 6.07) is 13.4. The van der Waals surface area contributed by atoms with Gasteiger partial charge in [0.25, 0.3) is 11.8 Å². The SMILES string of the molecule is Cc1nc(-c2ccccc2)sc1C(=O)NNC(=O)/C=C/c1ccc(C2CC2C)o1. The van der Waals surface area contributed by atoms with Crippen molar-refractivity contribution in [2.24, 2.45) is 5.92 Å².